The van der Waals surface area contributed by atoms with E-state index in [2.05, 4.69) is 17.0 Å². The van der Waals surface area contributed by atoms with Crippen LogP contribution in [0, 0.1) is 17.1 Å². The van der Waals surface area contributed by atoms with E-state index in [4.69, 9.17) is 5.26 Å². The first kappa shape index (κ1) is 12.7. The number of para-hydroxylation sites is 1. The van der Waals surface area contributed by atoms with Crippen molar-refractivity contribution in [2.45, 2.75) is 19.3 Å². The van der Waals surface area contributed by atoms with Gasteiger partial charge in [0.1, 0.15) is 5.82 Å². The number of nitrogens with zero attached hydrogens (tertiary/aromatic N) is 2. The summed E-state index contributed by atoms with van der Waals surface area (Å²) in [7, 11) is 0. The van der Waals surface area contributed by atoms with Gasteiger partial charge in [0.2, 0.25) is 0 Å². The molecule has 1 heterocycles. The van der Waals surface area contributed by atoms with Gasteiger partial charge in [-0.2, -0.15) is 5.26 Å². The average molecular weight is 266 g/mol. The van der Waals surface area contributed by atoms with Crippen LogP contribution in [-0.4, -0.2) is 6.54 Å². The van der Waals surface area contributed by atoms with Crippen LogP contribution in [0.25, 0.3) is 0 Å². The number of benzene rings is 2. The van der Waals surface area contributed by atoms with Crippen molar-refractivity contribution in [3.05, 3.63) is 59.4 Å². The Hall–Kier alpha value is -2.34. The molecule has 3 heteroatoms. The second-order valence-electron chi connectivity index (χ2n) is 5.05. The molecular formula is C17H15FN2. The minimum Gasteiger partial charge on any atom is -0.341 e. The zero-order valence-corrected chi connectivity index (χ0v) is 11.1. The molecule has 1 aliphatic heterocycles. The highest BCUT2D eigenvalue weighted by Crippen LogP contribution is 2.33. The number of nitriles is 1. The first-order valence-corrected chi connectivity index (χ1v) is 6.84. The van der Waals surface area contributed by atoms with E-state index in [-0.39, 0.29) is 5.82 Å². The molecule has 0 bridgehead atoms. The van der Waals surface area contributed by atoms with Crippen molar-refractivity contribution in [2.75, 3.05) is 11.4 Å². The minimum absolute atomic E-state index is 0.360. The Balaban J connectivity index is 2.10. The predicted octanol–water partition coefficient (Wildman–Crippen LogP) is 4.17. The van der Waals surface area contributed by atoms with E-state index in [0.29, 0.717) is 5.56 Å². The van der Waals surface area contributed by atoms with Crippen LogP contribution in [0.15, 0.2) is 42.5 Å². The monoisotopic (exact) mass is 266 g/mol. The Labute approximate surface area is 118 Å². The summed E-state index contributed by atoms with van der Waals surface area (Å²) in [5, 5.41) is 9.00. The quantitative estimate of drug-likeness (QED) is 0.774. The third kappa shape index (κ3) is 2.37. The maximum atomic E-state index is 13.7. The van der Waals surface area contributed by atoms with Gasteiger partial charge >= 0.3 is 0 Å². The molecule has 0 saturated heterocycles. The molecule has 0 aliphatic carbocycles. The van der Waals surface area contributed by atoms with Gasteiger partial charge < -0.3 is 4.90 Å². The third-order valence-corrected chi connectivity index (χ3v) is 3.68. The smallest absolute Gasteiger partial charge is 0.126 e. The lowest BCUT2D eigenvalue weighted by atomic mass is 10.1. The van der Waals surface area contributed by atoms with Crippen LogP contribution in [-0.2, 0) is 6.42 Å². The predicted molar refractivity (Wildman–Crippen MR) is 77.5 cm³/mol. The van der Waals surface area contributed by atoms with E-state index in [0.717, 1.165) is 37.2 Å². The van der Waals surface area contributed by atoms with Crippen LogP contribution < -0.4 is 4.90 Å². The first-order chi connectivity index (χ1) is 9.78. The van der Waals surface area contributed by atoms with Crippen LogP contribution in [0.5, 0.6) is 0 Å². The van der Waals surface area contributed by atoms with E-state index in [1.54, 1.807) is 6.07 Å². The molecule has 0 atom stereocenters. The summed E-state index contributed by atoms with van der Waals surface area (Å²) in [6, 6.07) is 14.8. The topological polar surface area (TPSA) is 27.0 Å². The number of hydrogen-bond acceptors (Lipinski definition) is 2. The normalized spacial score (nSPS) is 14.3. The average Bonchev–Trinajstić information content (AvgIpc) is 2.69. The van der Waals surface area contributed by atoms with E-state index in [1.807, 2.05) is 18.2 Å². The Kier molecular flexibility index (Phi) is 3.39. The molecule has 2 nitrogen and oxygen atoms in total. The van der Waals surface area contributed by atoms with Gasteiger partial charge in [-0.05, 0) is 49.1 Å². The molecule has 0 aromatic heterocycles. The van der Waals surface area contributed by atoms with Crippen molar-refractivity contribution in [3.8, 4) is 6.07 Å². The molecule has 0 fully saturated rings. The summed E-state index contributed by atoms with van der Waals surface area (Å²) in [5.41, 5.74) is 3.53. The second-order valence-corrected chi connectivity index (χ2v) is 5.05. The van der Waals surface area contributed by atoms with Gasteiger partial charge in [0.05, 0.1) is 11.6 Å². The number of anilines is 2. The Bertz CT molecular complexity index is 673. The van der Waals surface area contributed by atoms with Crippen LogP contribution in [0.4, 0.5) is 15.8 Å². The highest BCUT2D eigenvalue weighted by atomic mass is 19.1. The van der Waals surface area contributed by atoms with E-state index in [9.17, 15) is 4.39 Å². The Morgan fingerprint density at radius 2 is 1.95 bits per heavy atom. The summed E-state index contributed by atoms with van der Waals surface area (Å²) < 4.78 is 13.7. The zero-order chi connectivity index (χ0) is 13.9. The number of rotatable bonds is 1. The fourth-order valence-corrected chi connectivity index (χ4v) is 2.75. The van der Waals surface area contributed by atoms with Crippen molar-refractivity contribution in [1.82, 2.24) is 0 Å². The third-order valence-electron chi connectivity index (χ3n) is 3.68. The SMILES string of the molecule is N#Cc1cc(F)cc(N2CCCCc3ccccc32)c1. The van der Waals surface area contributed by atoms with Gasteiger partial charge in [-0.3, -0.25) is 0 Å². The molecule has 3 rings (SSSR count). The molecular weight excluding hydrogens is 251 g/mol. The standard InChI is InChI=1S/C17H15FN2/c18-15-9-13(12-19)10-16(11-15)20-8-4-3-6-14-5-1-2-7-17(14)20/h1-2,5,7,9-11H,3-4,6,8H2. The van der Waals surface area contributed by atoms with Crippen LogP contribution in [0.1, 0.15) is 24.0 Å². The lowest BCUT2D eigenvalue weighted by Gasteiger charge is -2.25. The number of fused-ring (bicyclic) bond motifs is 1. The van der Waals surface area contributed by atoms with Crippen molar-refractivity contribution >= 4 is 11.4 Å². The maximum Gasteiger partial charge on any atom is 0.126 e. The minimum atomic E-state index is -0.360. The number of halogens is 1. The van der Waals surface area contributed by atoms with Crippen molar-refractivity contribution in [1.29, 1.82) is 5.26 Å². The molecule has 0 radical (unpaired) electrons. The molecule has 2 aromatic rings. The largest absolute Gasteiger partial charge is 0.341 e. The first-order valence-electron chi connectivity index (χ1n) is 6.84. The van der Waals surface area contributed by atoms with Gasteiger partial charge in [-0.25, -0.2) is 4.39 Å². The Morgan fingerprint density at radius 3 is 2.80 bits per heavy atom. The molecule has 2 aromatic carbocycles. The second kappa shape index (κ2) is 5.34. The van der Waals surface area contributed by atoms with Crippen LogP contribution in [0.3, 0.4) is 0 Å². The highest BCUT2D eigenvalue weighted by Gasteiger charge is 2.17. The lowest BCUT2D eigenvalue weighted by molar-refractivity contribution is 0.627. The van der Waals surface area contributed by atoms with Crippen molar-refractivity contribution in [3.63, 3.8) is 0 Å². The van der Waals surface area contributed by atoms with E-state index < -0.39 is 0 Å². The summed E-state index contributed by atoms with van der Waals surface area (Å²) >= 11 is 0. The molecule has 20 heavy (non-hydrogen) atoms. The van der Waals surface area contributed by atoms with E-state index in [1.165, 1.54) is 17.7 Å². The van der Waals surface area contributed by atoms with Crippen LogP contribution in [0.2, 0.25) is 0 Å². The Morgan fingerprint density at radius 1 is 1.10 bits per heavy atom. The fourth-order valence-electron chi connectivity index (χ4n) is 2.75. The van der Waals surface area contributed by atoms with E-state index >= 15 is 0 Å². The van der Waals surface area contributed by atoms with Gasteiger partial charge in [0, 0.05) is 17.9 Å². The number of aryl methyl sites for hydroxylation is 1. The van der Waals surface area contributed by atoms with Crippen molar-refractivity contribution in [2.24, 2.45) is 0 Å². The molecule has 0 saturated carbocycles. The molecule has 1 aliphatic rings. The lowest BCUT2D eigenvalue weighted by Crippen LogP contribution is -2.18. The maximum absolute atomic E-state index is 13.7. The summed E-state index contributed by atoms with van der Waals surface area (Å²) in [6.45, 7) is 0.853. The molecule has 100 valence electrons. The number of hydrogen-bond donors (Lipinski definition) is 0. The molecule has 0 amide bonds. The highest BCUT2D eigenvalue weighted by molar-refractivity contribution is 5.68. The summed E-state index contributed by atoms with van der Waals surface area (Å²) in [5.74, 6) is -0.360. The van der Waals surface area contributed by atoms with Gasteiger partial charge in [-0.15, -0.1) is 0 Å². The molecule has 0 spiro atoms. The van der Waals surface area contributed by atoms with Gasteiger partial charge in [-0.1, -0.05) is 18.2 Å². The zero-order valence-electron chi connectivity index (χ0n) is 11.1. The summed E-state index contributed by atoms with van der Waals surface area (Å²) in [4.78, 5) is 2.12. The van der Waals surface area contributed by atoms with Gasteiger partial charge in [0.25, 0.3) is 0 Å². The van der Waals surface area contributed by atoms with Crippen molar-refractivity contribution < 1.29 is 4.39 Å². The van der Waals surface area contributed by atoms with Gasteiger partial charge in [0.15, 0.2) is 0 Å². The molecule has 0 unspecified atom stereocenters. The summed E-state index contributed by atoms with van der Waals surface area (Å²) in [6.07, 6.45) is 3.24. The fraction of sp³-hybridized carbons (Fsp3) is 0.235. The van der Waals surface area contributed by atoms with Crippen LogP contribution >= 0.6 is 0 Å². The molecule has 0 N–H and O–H groups in total.